The van der Waals surface area contributed by atoms with Crippen LogP contribution in [-0.2, 0) is 33.2 Å². The number of hydrogen-bond acceptors (Lipinski definition) is 5. The van der Waals surface area contributed by atoms with Gasteiger partial charge in [-0.3, -0.25) is 19.3 Å². The van der Waals surface area contributed by atoms with Crippen molar-refractivity contribution >= 4 is 0 Å². The van der Waals surface area contributed by atoms with E-state index in [0.717, 1.165) is 43.9 Å². The lowest BCUT2D eigenvalue weighted by Gasteiger charge is -2.43. The lowest BCUT2D eigenvalue weighted by molar-refractivity contribution is 0.114. The molecule has 0 spiro atoms. The molecule has 2 atom stereocenters. The summed E-state index contributed by atoms with van der Waals surface area (Å²) in [5.74, 6) is 0.962. The van der Waals surface area contributed by atoms with E-state index < -0.39 is 0 Å². The predicted octanol–water partition coefficient (Wildman–Crippen LogP) is 2.43. The molecule has 3 aromatic heterocycles. The van der Waals surface area contributed by atoms with Gasteiger partial charge in [-0.2, -0.15) is 5.10 Å². The van der Waals surface area contributed by atoms with Crippen LogP contribution in [-0.4, -0.2) is 44.3 Å². The largest absolute Gasteiger partial charge is 0.472 e. The van der Waals surface area contributed by atoms with Crippen LogP contribution in [0.5, 0.6) is 0 Å². The molecule has 30 heavy (non-hydrogen) atoms. The number of likely N-dealkylation sites (tertiary alicyclic amines) is 1. The number of piperidine rings is 1. The second-order valence-corrected chi connectivity index (χ2v) is 9.02. The van der Waals surface area contributed by atoms with E-state index in [-0.39, 0.29) is 5.56 Å². The molecule has 1 saturated heterocycles. The molecule has 0 saturated carbocycles. The summed E-state index contributed by atoms with van der Waals surface area (Å²) in [4.78, 5) is 17.9. The van der Waals surface area contributed by atoms with Gasteiger partial charge in [0, 0.05) is 80.8 Å². The predicted molar refractivity (Wildman–Crippen MR) is 114 cm³/mol. The Morgan fingerprint density at radius 1 is 1.17 bits per heavy atom. The third kappa shape index (κ3) is 3.87. The lowest BCUT2D eigenvalue weighted by atomic mass is 9.83. The van der Waals surface area contributed by atoms with Crippen molar-refractivity contribution in [1.29, 1.82) is 0 Å². The van der Waals surface area contributed by atoms with E-state index in [0.29, 0.717) is 18.4 Å². The third-order valence-corrected chi connectivity index (χ3v) is 6.40. The molecule has 0 N–H and O–H groups in total. The van der Waals surface area contributed by atoms with E-state index in [9.17, 15) is 4.79 Å². The zero-order valence-corrected chi connectivity index (χ0v) is 17.7. The van der Waals surface area contributed by atoms with Crippen molar-refractivity contribution in [3.05, 3.63) is 75.9 Å². The van der Waals surface area contributed by atoms with E-state index in [1.165, 1.54) is 17.7 Å². The van der Waals surface area contributed by atoms with E-state index in [1.807, 2.05) is 37.1 Å². The Kier molecular flexibility index (Phi) is 5.08. The molecular weight excluding hydrogens is 378 g/mol. The first kappa shape index (κ1) is 19.3. The average Bonchev–Trinajstić information content (AvgIpc) is 3.36. The highest BCUT2D eigenvalue weighted by Crippen LogP contribution is 2.35. The van der Waals surface area contributed by atoms with E-state index in [4.69, 9.17) is 4.42 Å². The van der Waals surface area contributed by atoms with Gasteiger partial charge in [0.15, 0.2) is 0 Å². The number of fused-ring (bicyclic) bond motifs is 4. The molecule has 7 nitrogen and oxygen atoms in total. The summed E-state index contributed by atoms with van der Waals surface area (Å²) in [5, 5.41) is 4.29. The summed E-state index contributed by atoms with van der Waals surface area (Å²) >= 11 is 0. The van der Waals surface area contributed by atoms with Crippen LogP contribution < -0.4 is 5.56 Å². The van der Waals surface area contributed by atoms with Crippen LogP contribution in [0.1, 0.15) is 34.7 Å². The van der Waals surface area contributed by atoms with Gasteiger partial charge in [0.2, 0.25) is 0 Å². The van der Waals surface area contributed by atoms with Crippen molar-refractivity contribution in [3.63, 3.8) is 0 Å². The third-order valence-electron chi connectivity index (χ3n) is 6.40. The number of aromatic nitrogens is 3. The number of rotatable bonds is 6. The monoisotopic (exact) mass is 407 g/mol. The van der Waals surface area contributed by atoms with Crippen molar-refractivity contribution in [3.8, 4) is 0 Å². The average molecular weight is 408 g/mol. The Labute approximate surface area is 176 Å². The molecule has 158 valence electrons. The first-order chi connectivity index (χ1) is 14.5. The molecule has 1 fully saturated rings. The second kappa shape index (κ2) is 7.89. The van der Waals surface area contributed by atoms with Crippen LogP contribution in [0.3, 0.4) is 0 Å². The fraction of sp³-hybridized carbons (Fsp3) is 0.478. The van der Waals surface area contributed by atoms with Crippen LogP contribution in [0.25, 0.3) is 0 Å². The molecule has 2 aliphatic rings. The normalized spacial score (nSPS) is 21.2. The zero-order chi connectivity index (χ0) is 20.7. The van der Waals surface area contributed by atoms with Crippen LogP contribution >= 0.6 is 0 Å². The first-order valence-electron chi connectivity index (χ1n) is 10.7. The molecule has 2 bridgehead atoms. The van der Waals surface area contributed by atoms with Crippen molar-refractivity contribution in [2.75, 3.05) is 20.1 Å². The summed E-state index contributed by atoms with van der Waals surface area (Å²) in [6, 6.07) is 6.20. The maximum absolute atomic E-state index is 13.3. The van der Waals surface area contributed by atoms with Gasteiger partial charge in [-0.25, -0.2) is 0 Å². The quantitative estimate of drug-likeness (QED) is 0.628. The molecule has 2 aliphatic heterocycles. The highest BCUT2D eigenvalue weighted by Gasteiger charge is 2.35. The highest BCUT2D eigenvalue weighted by atomic mass is 16.3. The Balaban J connectivity index is 1.31. The topological polar surface area (TPSA) is 59.4 Å². The Hall–Kier alpha value is -2.64. The van der Waals surface area contributed by atoms with Crippen LogP contribution in [0.15, 0.2) is 52.3 Å². The molecule has 0 radical (unpaired) electrons. The van der Waals surface area contributed by atoms with Gasteiger partial charge < -0.3 is 8.98 Å². The molecule has 3 aromatic rings. The van der Waals surface area contributed by atoms with Gasteiger partial charge >= 0.3 is 0 Å². The van der Waals surface area contributed by atoms with Crippen molar-refractivity contribution in [1.82, 2.24) is 24.1 Å². The van der Waals surface area contributed by atoms with E-state index in [2.05, 4.69) is 31.7 Å². The van der Waals surface area contributed by atoms with Gasteiger partial charge in [0.1, 0.15) is 0 Å². The van der Waals surface area contributed by atoms with Crippen molar-refractivity contribution < 1.29 is 4.42 Å². The standard InChI is InChI=1S/C23H29N5O2/c1-25(9-17-5-6-30-16-17)14-20-3-4-22-21-7-18(13-28(22)23(20)29)11-27(15-21)12-19-8-24-26(2)10-19/h3-6,8,10,16,18,21H,7,9,11-15H2,1-2H3/t18-,21+/m0/s1. The molecule has 7 heteroatoms. The highest BCUT2D eigenvalue weighted by molar-refractivity contribution is 5.23. The van der Waals surface area contributed by atoms with E-state index in [1.54, 1.807) is 12.5 Å². The second-order valence-electron chi connectivity index (χ2n) is 9.02. The number of pyridine rings is 1. The Morgan fingerprint density at radius 3 is 2.83 bits per heavy atom. The van der Waals surface area contributed by atoms with Crippen molar-refractivity contribution in [2.24, 2.45) is 13.0 Å². The minimum absolute atomic E-state index is 0.182. The molecule has 0 amide bonds. The van der Waals surface area contributed by atoms with Gasteiger partial charge in [-0.1, -0.05) is 6.07 Å². The minimum Gasteiger partial charge on any atom is -0.472 e. The molecule has 0 aliphatic carbocycles. The number of furan rings is 1. The first-order valence-corrected chi connectivity index (χ1v) is 10.7. The molecule has 0 aromatic carbocycles. The maximum Gasteiger partial charge on any atom is 0.255 e. The van der Waals surface area contributed by atoms with Crippen molar-refractivity contribution in [2.45, 2.75) is 38.5 Å². The Bertz CT molecular complexity index is 1070. The molecule has 5 heterocycles. The summed E-state index contributed by atoms with van der Waals surface area (Å²) in [6.45, 7) is 5.22. The molecule has 5 rings (SSSR count). The number of aryl methyl sites for hydroxylation is 1. The Morgan fingerprint density at radius 2 is 2.07 bits per heavy atom. The minimum atomic E-state index is 0.182. The maximum atomic E-state index is 13.3. The van der Waals surface area contributed by atoms with Crippen LogP contribution in [0, 0.1) is 5.92 Å². The van der Waals surface area contributed by atoms with Gasteiger partial charge in [-0.15, -0.1) is 0 Å². The molecule has 0 unspecified atom stereocenters. The summed E-state index contributed by atoms with van der Waals surface area (Å²) in [6.07, 6.45) is 8.68. The number of nitrogens with zero attached hydrogens (tertiary/aromatic N) is 5. The summed E-state index contributed by atoms with van der Waals surface area (Å²) < 4.78 is 9.07. The van der Waals surface area contributed by atoms with Gasteiger partial charge in [0.25, 0.3) is 5.56 Å². The van der Waals surface area contributed by atoms with E-state index >= 15 is 0 Å². The number of hydrogen-bond donors (Lipinski definition) is 0. The summed E-state index contributed by atoms with van der Waals surface area (Å²) in [7, 11) is 4.00. The van der Waals surface area contributed by atoms with Crippen LogP contribution in [0.2, 0.25) is 0 Å². The van der Waals surface area contributed by atoms with Gasteiger partial charge in [0.05, 0.1) is 18.7 Å². The zero-order valence-electron chi connectivity index (χ0n) is 17.7. The fourth-order valence-electron chi connectivity index (χ4n) is 5.19. The smallest absolute Gasteiger partial charge is 0.255 e. The van der Waals surface area contributed by atoms with Crippen LogP contribution in [0.4, 0.5) is 0 Å². The lowest BCUT2D eigenvalue weighted by Crippen LogP contribution is -2.47. The fourth-order valence-corrected chi connectivity index (χ4v) is 5.19. The molecular formula is C23H29N5O2. The summed E-state index contributed by atoms with van der Waals surface area (Å²) in [5.41, 5.74) is 4.64. The van der Waals surface area contributed by atoms with Gasteiger partial charge in [-0.05, 0) is 31.5 Å². The SMILES string of the molecule is CN(Cc1ccoc1)Cc1ccc2n(c1=O)C[C@H]1C[C@@H]2CN(Cc2cnn(C)c2)C1.